The number of anilines is 1. The van der Waals surface area contributed by atoms with E-state index in [1.54, 1.807) is 18.2 Å². The number of benzene rings is 1. The number of nitrogen functional groups attached to an aromatic ring is 1. The fraction of sp³-hybridized carbons (Fsp3) is 0. The number of nitrogens with two attached hydrogens (primary N) is 1. The average Bonchev–Trinajstić information content (AvgIpc) is 2.27. The number of aldehydes is 1. The Labute approximate surface area is 115 Å². The van der Waals surface area contributed by atoms with Crippen LogP contribution in [-0.2, 0) is 0 Å². The number of rotatable bonds is 3. The van der Waals surface area contributed by atoms with Crippen molar-refractivity contribution in [3.05, 3.63) is 44.7 Å². The van der Waals surface area contributed by atoms with Gasteiger partial charge in [-0.05, 0) is 18.2 Å². The Morgan fingerprint density at radius 2 is 2.17 bits per heavy atom. The highest BCUT2D eigenvalue weighted by atomic mass is 79.9. The quantitative estimate of drug-likeness (QED) is 0.666. The van der Waals surface area contributed by atoms with Crippen LogP contribution in [0.25, 0.3) is 0 Å². The highest BCUT2D eigenvalue weighted by Gasteiger charge is 2.07. The van der Waals surface area contributed by atoms with Crippen LogP contribution in [-0.4, -0.2) is 16.3 Å². The summed E-state index contributed by atoms with van der Waals surface area (Å²) in [6.45, 7) is 0. The predicted octanol–water partition coefficient (Wildman–Crippen LogP) is 2.08. The van der Waals surface area contributed by atoms with Crippen molar-refractivity contribution in [2.45, 2.75) is 10.1 Å². The van der Waals surface area contributed by atoms with Crippen molar-refractivity contribution >= 4 is 39.8 Å². The Balaban J connectivity index is 2.41. The molecule has 0 atom stereocenters. The van der Waals surface area contributed by atoms with Crippen LogP contribution in [0.2, 0.25) is 0 Å². The summed E-state index contributed by atoms with van der Waals surface area (Å²) in [4.78, 5) is 29.4. The molecule has 0 spiro atoms. The Morgan fingerprint density at radius 3 is 2.83 bits per heavy atom. The molecule has 0 bridgehead atoms. The summed E-state index contributed by atoms with van der Waals surface area (Å²) < 4.78 is 0.835. The minimum absolute atomic E-state index is 0.142. The van der Waals surface area contributed by atoms with Gasteiger partial charge in [0.1, 0.15) is 5.82 Å². The fourth-order valence-corrected chi connectivity index (χ4v) is 2.74. The van der Waals surface area contributed by atoms with Gasteiger partial charge in [-0.15, -0.1) is 0 Å². The SMILES string of the molecule is Nc1cc(=O)[nH]c(Sc2cc(Br)ccc2C=O)n1. The van der Waals surface area contributed by atoms with Crippen molar-refractivity contribution in [2.75, 3.05) is 5.73 Å². The zero-order chi connectivity index (χ0) is 13.1. The van der Waals surface area contributed by atoms with E-state index >= 15 is 0 Å². The normalized spacial score (nSPS) is 10.3. The van der Waals surface area contributed by atoms with Gasteiger partial charge in [-0.25, -0.2) is 4.98 Å². The van der Waals surface area contributed by atoms with Crippen LogP contribution in [0.3, 0.4) is 0 Å². The van der Waals surface area contributed by atoms with Crippen LogP contribution in [0, 0.1) is 0 Å². The molecule has 0 unspecified atom stereocenters. The van der Waals surface area contributed by atoms with Gasteiger partial charge in [-0.2, -0.15) is 0 Å². The van der Waals surface area contributed by atoms with E-state index in [9.17, 15) is 9.59 Å². The molecule has 1 aromatic heterocycles. The lowest BCUT2D eigenvalue weighted by molar-refractivity contribution is 0.112. The van der Waals surface area contributed by atoms with Gasteiger partial charge < -0.3 is 10.7 Å². The standard InChI is InChI=1S/C11H8BrN3O2S/c12-7-2-1-6(5-16)8(3-7)18-11-14-9(13)4-10(17)15-11/h1-5H,(H3,13,14,15,17). The number of aromatic nitrogens is 2. The Hall–Kier alpha value is -1.60. The molecule has 3 N–H and O–H groups in total. The molecule has 92 valence electrons. The second kappa shape index (κ2) is 5.36. The van der Waals surface area contributed by atoms with Crippen molar-refractivity contribution in [1.29, 1.82) is 0 Å². The lowest BCUT2D eigenvalue weighted by Crippen LogP contribution is -2.09. The third-order valence-corrected chi connectivity index (χ3v) is 3.50. The van der Waals surface area contributed by atoms with Crippen LogP contribution in [0.15, 0.2) is 43.6 Å². The van der Waals surface area contributed by atoms with Gasteiger partial charge in [-0.1, -0.05) is 27.7 Å². The van der Waals surface area contributed by atoms with Crippen molar-refractivity contribution < 1.29 is 4.79 Å². The van der Waals surface area contributed by atoms with Crippen molar-refractivity contribution in [2.24, 2.45) is 0 Å². The molecule has 0 saturated heterocycles. The van der Waals surface area contributed by atoms with E-state index in [0.717, 1.165) is 10.8 Å². The summed E-state index contributed by atoms with van der Waals surface area (Å²) in [6.07, 6.45) is 0.749. The molecule has 2 rings (SSSR count). The zero-order valence-corrected chi connectivity index (χ0v) is 11.4. The number of aromatic amines is 1. The Bertz CT molecular complexity index is 657. The lowest BCUT2D eigenvalue weighted by Gasteiger charge is -2.04. The van der Waals surface area contributed by atoms with Gasteiger partial charge >= 0.3 is 0 Å². The molecule has 18 heavy (non-hydrogen) atoms. The molecule has 0 saturated carbocycles. The van der Waals surface area contributed by atoms with E-state index in [4.69, 9.17) is 5.73 Å². The second-order valence-corrected chi connectivity index (χ2v) is 5.32. The van der Waals surface area contributed by atoms with Gasteiger partial charge in [0.15, 0.2) is 11.4 Å². The Kier molecular flexibility index (Phi) is 3.83. The maximum atomic E-state index is 11.3. The first kappa shape index (κ1) is 12.8. The second-order valence-electron chi connectivity index (χ2n) is 3.38. The predicted molar refractivity (Wildman–Crippen MR) is 72.9 cm³/mol. The summed E-state index contributed by atoms with van der Waals surface area (Å²) in [5, 5.41) is 0.348. The molecule has 0 aliphatic carbocycles. The first-order valence-electron chi connectivity index (χ1n) is 4.88. The third kappa shape index (κ3) is 2.99. The molecule has 0 aliphatic heterocycles. The largest absolute Gasteiger partial charge is 0.383 e. The van der Waals surface area contributed by atoms with Crippen LogP contribution in [0.1, 0.15) is 10.4 Å². The molecule has 0 amide bonds. The third-order valence-electron chi connectivity index (χ3n) is 2.05. The number of hydrogen-bond acceptors (Lipinski definition) is 5. The monoisotopic (exact) mass is 325 g/mol. The highest BCUT2D eigenvalue weighted by molar-refractivity contribution is 9.10. The molecule has 1 heterocycles. The van der Waals surface area contributed by atoms with Gasteiger partial charge in [-0.3, -0.25) is 9.59 Å². The van der Waals surface area contributed by atoms with Gasteiger partial charge in [0.2, 0.25) is 0 Å². The van der Waals surface area contributed by atoms with Crippen molar-refractivity contribution in [3.8, 4) is 0 Å². The van der Waals surface area contributed by atoms with E-state index in [1.165, 1.54) is 17.8 Å². The number of halogens is 1. The first-order chi connectivity index (χ1) is 8.58. The van der Waals surface area contributed by atoms with E-state index in [1.807, 2.05) is 0 Å². The molecule has 1 aromatic carbocycles. The first-order valence-corrected chi connectivity index (χ1v) is 6.49. The molecular formula is C11H8BrN3O2S. The van der Waals surface area contributed by atoms with Gasteiger partial charge in [0, 0.05) is 21.0 Å². The van der Waals surface area contributed by atoms with Crippen LogP contribution in [0.4, 0.5) is 5.82 Å². The number of H-pyrrole nitrogens is 1. The molecule has 0 fully saturated rings. The van der Waals surface area contributed by atoms with Crippen LogP contribution < -0.4 is 11.3 Å². The molecule has 0 radical (unpaired) electrons. The molecule has 7 heteroatoms. The number of nitrogens with one attached hydrogen (secondary N) is 1. The maximum absolute atomic E-state index is 11.3. The highest BCUT2D eigenvalue weighted by Crippen LogP contribution is 2.29. The van der Waals surface area contributed by atoms with E-state index < -0.39 is 0 Å². The number of nitrogens with zero attached hydrogens (tertiary/aromatic N) is 1. The minimum Gasteiger partial charge on any atom is -0.383 e. The smallest absolute Gasteiger partial charge is 0.253 e. The molecule has 0 aliphatic rings. The summed E-state index contributed by atoms with van der Waals surface area (Å²) >= 11 is 4.49. The van der Waals surface area contributed by atoms with E-state index in [2.05, 4.69) is 25.9 Å². The van der Waals surface area contributed by atoms with E-state index in [0.29, 0.717) is 15.6 Å². The van der Waals surface area contributed by atoms with Crippen molar-refractivity contribution in [1.82, 2.24) is 9.97 Å². The van der Waals surface area contributed by atoms with E-state index in [-0.39, 0.29) is 11.4 Å². The van der Waals surface area contributed by atoms with Crippen LogP contribution in [0.5, 0.6) is 0 Å². The van der Waals surface area contributed by atoms with Gasteiger partial charge in [0.25, 0.3) is 5.56 Å². The number of carbonyl (C=O) groups is 1. The molecular weight excluding hydrogens is 318 g/mol. The molecule has 5 nitrogen and oxygen atoms in total. The lowest BCUT2D eigenvalue weighted by atomic mass is 10.2. The maximum Gasteiger partial charge on any atom is 0.253 e. The average molecular weight is 326 g/mol. The summed E-state index contributed by atoms with van der Waals surface area (Å²) in [7, 11) is 0. The topological polar surface area (TPSA) is 88.8 Å². The van der Waals surface area contributed by atoms with Crippen LogP contribution >= 0.6 is 27.7 Å². The number of carbonyl (C=O) groups excluding carboxylic acids is 1. The summed E-state index contributed by atoms with van der Waals surface area (Å²) in [5.74, 6) is 0.142. The number of hydrogen-bond donors (Lipinski definition) is 2. The zero-order valence-electron chi connectivity index (χ0n) is 9.01. The Morgan fingerprint density at radius 1 is 1.39 bits per heavy atom. The summed E-state index contributed by atoms with van der Waals surface area (Å²) in [6, 6.07) is 6.43. The molecule has 2 aromatic rings. The van der Waals surface area contributed by atoms with Crippen molar-refractivity contribution in [3.63, 3.8) is 0 Å². The minimum atomic E-state index is -0.326. The van der Waals surface area contributed by atoms with Gasteiger partial charge in [0.05, 0.1) is 0 Å². The summed E-state index contributed by atoms with van der Waals surface area (Å²) in [5.41, 5.74) is 5.69. The fourth-order valence-electron chi connectivity index (χ4n) is 1.30.